The zero-order valence-electron chi connectivity index (χ0n) is 12.8. The molecule has 0 aromatic heterocycles. The largest absolute Gasteiger partial charge is 0.497 e. The van der Waals surface area contributed by atoms with Crippen LogP contribution in [0.2, 0.25) is 19.1 Å². The molecule has 0 unspecified atom stereocenters. The van der Waals surface area contributed by atoms with E-state index in [1.165, 1.54) is 18.9 Å². The first-order valence-electron chi connectivity index (χ1n) is 6.86. The molecule has 0 radical (unpaired) electrons. The lowest BCUT2D eigenvalue weighted by Crippen LogP contribution is -2.29. The van der Waals surface area contributed by atoms with Gasteiger partial charge < -0.3 is 13.9 Å². The summed E-state index contributed by atoms with van der Waals surface area (Å²) in [5.41, 5.74) is 1.10. The topological polar surface area (TPSA) is 27.7 Å². The van der Waals surface area contributed by atoms with E-state index in [0.29, 0.717) is 6.61 Å². The second-order valence-corrected chi connectivity index (χ2v) is 9.68. The van der Waals surface area contributed by atoms with Crippen LogP contribution in [0.5, 0.6) is 11.5 Å². The van der Waals surface area contributed by atoms with Crippen molar-refractivity contribution in [2.24, 2.45) is 0 Å². The summed E-state index contributed by atoms with van der Waals surface area (Å²) in [7, 11) is 1.79. The summed E-state index contributed by atoms with van der Waals surface area (Å²) < 4.78 is 16.7. The number of rotatable bonds is 8. The Morgan fingerprint density at radius 1 is 1.00 bits per heavy atom. The van der Waals surface area contributed by atoms with Gasteiger partial charge >= 0.3 is 0 Å². The number of hydrogen-bond donors (Lipinski definition) is 0. The molecule has 0 atom stereocenters. The molecule has 0 aliphatic carbocycles. The fraction of sp³-hybridized carbons (Fsp3) is 0.600. The Morgan fingerprint density at radius 3 is 2.05 bits per heavy atom. The van der Waals surface area contributed by atoms with Gasteiger partial charge in [0.05, 0.1) is 20.8 Å². The van der Waals surface area contributed by atoms with Crippen LogP contribution >= 0.6 is 0 Å². The molecule has 0 saturated heterocycles. The maximum Gasteiger partial charge on any atom is 0.187 e. The predicted octanol–water partition coefficient (Wildman–Crippen LogP) is 4.23. The first-order valence-corrected chi connectivity index (χ1v) is 9.98. The third kappa shape index (κ3) is 5.66. The highest BCUT2D eigenvalue weighted by Gasteiger charge is 2.21. The first kappa shape index (κ1) is 16.1. The average molecular weight is 282 g/mol. The minimum Gasteiger partial charge on any atom is -0.497 e. The lowest BCUT2D eigenvalue weighted by molar-refractivity contribution is 0.291. The third-order valence-corrected chi connectivity index (χ3v) is 5.66. The first-order chi connectivity index (χ1) is 9.00. The molecule has 4 heteroatoms. The van der Waals surface area contributed by atoms with Gasteiger partial charge in [-0.15, -0.1) is 0 Å². The minimum atomic E-state index is -1.54. The van der Waals surface area contributed by atoms with Gasteiger partial charge in [-0.05, 0) is 36.8 Å². The van der Waals surface area contributed by atoms with Crippen molar-refractivity contribution in [3.63, 3.8) is 0 Å². The number of methoxy groups -OCH3 is 2. The fourth-order valence-electron chi connectivity index (χ4n) is 1.90. The van der Waals surface area contributed by atoms with E-state index in [1.54, 1.807) is 14.2 Å². The summed E-state index contributed by atoms with van der Waals surface area (Å²) in [5, 5.41) is 0. The molecule has 19 heavy (non-hydrogen) atoms. The summed E-state index contributed by atoms with van der Waals surface area (Å²) in [6, 6.07) is 7.10. The monoisotopic (exact) mass is 282 g/mol. The molecule has 0 aliphatic heterocycles. The SMILES string of the molecule is CCCC[Si](C)(C)OCc1cc(OC)cc(OC)c1. The van der Waals surface area contributed by atoms with Gasteiger partial charge in [-0.1, -0.05) is 19.8 Å². The summed E-state index contributed by atoms with van der Waals surface area (Å²) in [4.78, 5) is 0. The number of ether oxygens (including phenoxy) is 2. The Hall–Kier alpha value is -1.00. The van der Waals surface area contributed by atoms with Crippen molar-refractivity contribution >= 4 is 8.32 Å². The van der Waals surface area contributed by atoms with Crippen molar-refractivity contribution in [1.82, 2.24) is 0 Å². The lowest BCUT2D eigenvalue weighted by atomic mass is 10.2. The quantitative estimate of drug-likeness (QED) is 0.668. The zero-order chi connectivity index (χ0) is 14.3. The van der Waals surface area contributed by atoms with E-state index in [-0.39, 0.29) is 0 Å². The average Bonchev–Trinajstić information content (AvgIpc) is 2.42. The predicted molar refractivity (Wildman–Crippen MR) is 81.5 cm³/mol. The molecule has 1 rings (SSSR count). The van der Waals surface area contributed by atoms with Gasteiger partial charge in [0.2, 0.25) is 0 Å². The molecule has 1 aromatic carbocycles. The molecule has 0 fully saturated rings. The Bertz CT molecular complexity index is 369. The van der Waals surface area contributed by atoms with Gasteiger partial charge in [0.25, 0.3) is 0 Å². The van der Waals surface area contributed by atoms with Crippen LogP contribution < -0.4 is 9.47 Å². The van der Waals surface area contributed by atoms with Crippen LogP contribution in [0.4, 0.5) is 0 Å². The van der Waals surface area contributed by atoms with Gasteiger partial charge in [0.1, 0.15) is 11.5 Å². The molecule has 1 aromatic rings. The van der Waals surface area contributed by atoms with Crippen molar-refractivity contribution < 1.29 is 13.9 Å². The molecule has 0 bridgehead atoms. The minimum absolute atomic E-state index is 0.635. The second-order valence-electron chi connectivity index (χ2n) is 5.37. The molecule has 0 spiro atoms. The van der Waals surface area contributed by atoms with Crippen LogP contribution in [0.25, 0.3) is 0 Å². The molecule has 0 aliphatic rings. The van der Waals surface area contributed by atoms with E-state index in [1.807, 2.05) is 18.2 Å². The van der Waals surface area contributed by atoms with E-state index in [9.17, 15) is 0 Å². The number of unbranched alkanes of at least 4 members (excludes halogenated alkanes) is 1. The molecule has 0 N–H and O–H groups in total. The van der Waals surface area contributed by atoms with Crippen molar-refractivity contribution in [3.8, 4) is 11.5 Å². The van der Waals surface area contributed by atoms with Crippen LogP contribution in [0.3, 0.4) is 0 Å². The van der Waals surface area contributed by atoms with Crippen molar-refractivity contribution in [1.29, 1.82) is 0 Å². The molecular weight excluding hydrogens is 256 g/mol. The number of hydrogen-bond acceptors (Lipinski definition) is 3. The van der Waals surface area contributed by atoms with Gasteiger partial charge in [-0.3, -0.25) is 0 Å². The van der Waals surface area contributed by atoms with E-state index in [4.69, 9.17) is 13.9 Å². The van der Waals surface area contributed by atoms with Crippen LogP contribution in [-0.2, 0) is 11.0 Å². The smallest absolute Gasteiger partial charge is 0.187 e. The molecule has 108 valence electrons. The van der Waals surface area contributed by atoms with Crippen molar-refractivity contribution in [3.05, 3.63) is 23.8 Å². The molecule has 0 heterocycles. The number of benzene rings is 1. The van der Waals surface area contributed by atoms with Gasteiger partial charge in [0, 0.05) is 6.07 Å². The lowest BCUT2D eigenvalue weighted by Gasteiger charge is -2.23. The Labute approximate surface area is 118 Å². The highest BCUT2D eigenvalue weighted by Crippen LogP contribution is 2.24. The summed E-state index contributed by atoms with van der Waals surface area (Å²) in [6.07, 6.45) is 2.48. The standard InChI is InChI=1S/C15H26O3Si/c1-6-7-8-19(4,5)18-12-13-9-14(16-2)11-15(10-13)17-3/h9-11H,6-8,12H2,1-5H3. The molecule has 0 saturated carbocycles. The van der Waals surface area contributed by atoms with E-state index in [2.05, 4.69) is 20.0 Å². The van der Waals surface area contributed by atoms with Crippen LogP contribution in [-0.4, -0.2) is 22.5 Å². The normalized spacial score (nSPS) is 11.4. The van der Waals surface area contributed by atoms with Crippen LogP contribution in [0.1, 0.15) is 25.3 Å². The summed E-state index contributed by atoms with van der Waals surface area (Å²) >= 11 is 0. The van der Waals surface area contributed by atoms with E-state index >= 15 is 0 Å². The molecule has 3 nitrogen and oxygen atoms in total. The van der Waals surface area contributed by atoms with Crippen molar-refractivity contribution in [2.45, 2.75) is 45.5 Å². The fourth-order valence-corrected chi connectivity index (χ4v) is 3.81. The summed E-state index contributed by atoms with van der Waals surface area (Å²) in [5.74, 6) is 1.62. The van der Waals surface area contributed by atoms with Crippen LogP contribution in [0, 0.1) is 0 Å². The van der Waals surface area contributed by atoms with E-state index in [0.717, 1.165) is 17.1 Å². The van der Waals surface area contributed by atoms with Gasteiger partial charge in [-0.25, -0.2) is 0 Å². The molecule has 0 amide bonds. The second kappa shape index (κ2) is 7.55. The maximum absolute atomic E-state index is 6.14. The highest BCUT2D eigenvalue weighted by molar-refractivity contribution is 6.71. The van der Waals surface area contributed by atoms with Gasteiger partial charge in [-0.2, -0.15) is 0 Å². The third-order valence-electron chi connectivity index (χ3n) is 3.17. The zero-order valence-corrected chi connectivity index (χ0v) is 13.8. The van der Waals surface area contributed by atoms with E-state index < -0.39 is 8.32 Å². The van der Waals surface area contributed by atoms with Crippen molar-refractivity contribution in [2.75, 3.05) is 14.2 Å². The maximum atomic E-state index is 6.14. The van der Waals surface area contributed by atoms with Gasteiger partial charge in [0.15, 0.2) is 8.32 Å². The Morgan fingerprint density at radius 2 is 1.58 bits per heavy atom. The Balaban J connectivity index is 2.66. The Kier molecular flexibility index (Phi) is 6.38. The summed E-state index contributed by atoms with van der Waals surface area (Å²) in [6.45, 7) is 7.41. The van der Waals surface area contributed by atoms with Crippen LogP contribution in [0.15, 0.2) is 18.2 Å². The molecular formula is C15H26O3Si. The highest BCUT2D eigenvalue weighted by atomic mass is 28.4.